The van der Waals surface area contributed by atoms with Crippen molar-refractivity contribution < 1.29 is 14.7 Å². The van der Waals surface area contributed by atoms with Crippen LogP contribution in [0.5, 0.6) is 0 Å². The summed E-state index contributed by atoms with van der Waals surface area (Å²) >= 11 is 0. The van der Waals surface area contributed by atoms with Gasteiger partial charge in [-0.05, 0) is 30.4 Å². The van der Waals surface area contributed by atoms with E-state index in [0.717, 1.165) is 12.0 Å². The van der Waals surface area contributed by atoms with Crippen molar-refractivity contribution in [3.05, 3.63) is 35.4 Å². The van der Waals surface area contributed by atoms with Gasteiger partial charge in [0.05, 0.1) is 11.8 Å². The Kier molecular flexibility index (Phi) is 2.58. The number of hydrogen-bond donors (Lipinski definition) is 2. The van der Waals surface area contributed by atoms with Crippen molar-refractivity contribution in [1.29, 1.82) is 0 Å². The van der Waals surface area contributed by atoms with E-state index in [1.165, 1.54) is 5.56 Å². The molecule has 1 fully saturated rings. The highest BCUT2D eigenvalue weighted by Crippen LogP contribution is 2.36. The first-order valence-electron chi connectivity index (χ1n) is 6.26. The van der Waals surface area contributed by atoms with Crippen LogP contribution in [0.1, 0.15) is 29.9 Å². The van der Waals surface area contributed by atoms with Crippen LogP contribution in [0.15, 0.2) is 24.3 Å². The Morgan fingerprint density at radius 3 is 2.61 bits per heavy atom. The number of rotatable bonds is 3. The number of fused-ring (bicyclic) bond motifs is 1. The molecule has 1 aromatic carbocycles. The van der Waals surface area contributed by atoms with Crippen molar-refractivity contribution in [2.45, 2.75) is 31.2 Å². The Bertz CT molecular complexity index is 506. The zero-order chi connectivity index (χ0) is 12.7. The molecule has 0 aromatic heterocycles. The minimum absolute atomic E-state index is 0.0370. The van der Waals surface area contributed by atoms with E-state index in [1.807, 2.05) is 24.3 Å². The van der Waals surface area contributed by atoms with Gasteiger partial charge in [0.25, 0.3) is 0 Å². The third-order valence-corrected chi connectivity index (χ3v) is 4.00. The third kappa shape index (κ3) is 1.78. The Labute approximate surface area is 105 Å². The minimum atomic E-state index is -0.755. The average molecular weight is 245 g/mol. The van der Waals surface area contributed by atoms with Crippen molar-refractivity contribution in [1.82, 2.24) is 5.32 Å². The van der Waals surface area contributed by atoms with Crippen LogP contribution in [0.2, 0.25) is 0 Å². The van der Waals surface area contributed by atoms with Gasteiger partial charge in [-0.15, -0.1) is 0 Å². The molecule has 1 saturated carbocycles. The third-order valence-electron chi connectivity index (χ3n) is 4.00. The molecule has 2 aliphatic carbocycles. The summed E-state index contributed by atoms with van der Waals surface area (Å²) in [7, 11) is 0. The van der Waals surface area contributed by atoms with Gasteiger partial charge in [-0.2, -0.15) is 0 Å². The van der Waals surface area contributed by atoms with Crippen molar-refractivity contribution in [2.75, 3.05) is 0 Å². The molecule has 4 heteroatoms. The molecule has 1 amide bonds. The van der Waals surface area contributed by atoms with Crippen molar-refractivity contribution >= 4 is 11.9 Å². The predicted octanol–water partition coefficient (Wildman–Crippen LogP) is 1.31. The SMILES string of the molecule is O=C(O)C1CC(NC(=O)C2Cc3ccccc32)C1. The first-order chi connectivity index (χ1) is 8.65. The van der Waals surface area contributed by atoms with Crippen LogP contribution in [-0.4, -0.2) is 23.0 Å². The fourth-order valence-corrected chi connectivity index (χ4v) is 2.73. The quantitative estimate of drug-likeness (QED) is 0.843. The van der Waals surface area contributed by atoms with Crippen LogP contribution in [-0.2, 0) is 16.0 Å². The Hall–Kier alpha value is -1.84. The van der Waals surface area contributed by atoms with Crippen LogP contribution in [0.25, 0.3) is 0 Å². The summed E-state index contributed by atoms with van der Waals surface area (Å²) in [6.45, 7) is 0. The van der Waals surface area contributed by atoms with Gasteiger partial charge in [-0.25, -0.2) is 0 Å². The van der Waals surface area contributed by atoms with Crippen LogP contribution >= 0.6 is 0 Å². The number of aliphatic carboxylic acids is 1. The normalized spacial score (nSPS) is 28.6. The van der Waals surface area contributed by atoms with E-state index in [1.54, 1.807) is 0 Å². The molecule has 0 aliphatic heterocycles. The van der Waals surface area contributed by atoms with E-state index in [-0.39, 0.29) is 23.8 Å². The molecule has 0 spiro atoms. The number of nitrogens with one attached hydrogen (secondary N) is 1. The van der Waals surface area contributed by atoms with E-state index < -0.39 is 5.97 Å². The van der Waals surface area contributed by atoms with E-state index in [0.29, 0.717) is 12.8 Å². The van der Waals surface area contributed by atoms with Crippen molar-refractivity contribution in [3.63, 3.8) is 0 Å². The molecule has 0 saturated heterocycles. The topological polar surface area (TPSA) is 66.4 Å². The highest BCUT2D eigenvalue weighted by atomic mass is 16.4. The lowest BCUT2D eigenvalue weighted by Gasteiger charge is -2.36. The molecular weight excluding hydrogens is 230 g/mol. The van der Waals surface area contributed by atoms with Gasteiger partial charge >= 0.3 is 5.97 Å². The smallest absolute Gasteiger partial charge is 0.306 e. The van der Waals surface area contributed by atoms with Crippen LogP contribution in [0, 0.1) is 5.92 Å². The molecule has 1 unspecified atom stereocenters. The van der Waals surface area contributed by atoms with E-state index in [4.69, 9.17) is 5.11 Å². The number of benzene rings is 1. The molecule has 94 valence electrons. The average Bonchev–Trinajstić information content (AvgIpc) is 2.24. The van der Waals surface area contributed by atoms with E-state index in [2.05, 4.69) is 5.32 Å². The van der Waals surface area contributed by atoms with Gasteiger partial charge < -0.3 is 10.4 Å². The maximum absolute atomic E-state index is 12.0. The van der Waals surface area contributed by atoms with Gasteiger partial charge in [0.1, 0.15) is 0 Å². The van der Waals surface area contributed by atoms with Gasteiger partial charge in [0.2, 0.25) is 5.91 Å². The standard InChI is InChI=1S/C14H15NO3/c16-13(15-10-5-9(6-10)14(17)18)12-7-8-3-1-2-4-11(8)12/h1-4,9-10,12H,5-7H2,(H,15,16)(H,17,18). The molecule has 18 heavy (non-hydrogen) atoms. The fraction of sp³-hybridized carbons (Fsp3) is 0.429. The predicted molar refractivity (Wildman–Crippen MR) is 65.2 cm³/mol. The summed E-state index contributed by atoms with van der Waals surface area (Å²) in [5, 5.41) is 11.7. The highest BCUT2D eigenvalue weighted by Gasteiger charge is 2.38. The summed E-state index contributed by atoms with van der Waals surface area (Å²) in [4.78, 5) is 22.7. The largest absolute Gasteiger partial charge is 0.481 e. The van der Waals surface area contributed by atoms with Crippen LogP contribution in [0.3, 0.4) is 0 Å². The molecule has 2 aliphatic rings. The lowest BCUT2D eigenvalue weighted by Crippen LogP contribution is -2.49. The molecule has 3 rings (SSSR count). The molecule has 1 aromatic rings. The molecule has 0 heterocycles. The maximum atomic E-state index is 12.0. The fourth-order valence-electron chi connectivity index (χ4n) is 2.73. The van der Waals surface area contributed by atoms with Crippen LogP contribution in [0.4, 0.5) is 0 Å². The van der Waals surface area contributed by atoms with Crippen molar-refractivity contribution in [3.8, 4) is 0 Å². The second kappa shape index (κ2) is 4.12. The van der Waals surface area contributed by atoms with E-state index in [9.17, 15) is 9.59 Å². The molecule has 2 N–H and O–H groups in total. The lowest BCUT2D eigenvalue weighted by molar-refractivity contribution is -0.146. The van der Waals surface area contributed by atoms with Crippen LogP contribution < -0.4 is 5.32 Å². The number of carboxylic acid groups (broad SMARTS) is 1. The molecule has 4 nitrogen and oxygen atoms in total. The van der Waals surface area contributed by atoms with Gasteiger partial charge in [-0.3, -0.25) is 9.59 Å². The van der Waals surface area contributed by atoms with Gasteiger partial charge in [-0.1, -0.05) is 24.3 Å². The molecular formula is C14H15NO3. The Morgan fingerprint density at radius 1 is 1.22 bits per heavy atom. The molecule has 1 atom stereocenters. The number of carbonyl (C=O) groups excluding carboxylic acids is 1. The number of carbonyl (C=O) groups is 2. The second-order valence-electron chi connectivity index (χ2n) is 5.17. The second-order valence-corrected chi connectivity index (χ2v) is 5.17. The summed E-state index contributed by atoms with van der Waals surface area (Å²) in [5.41, 5.74) is 2.36. The summed E-state index contributed by atoms with van der Waals surface area (Å²) < 4.78 is 0. The Morgan fingerprint density at radius 2 is 1.94 bits per heavy atom. The van der Waals surface area contributed by atoms with E-state index >= 15 is 0 Å². The van der Waals surface area contributed by atoms with Gasteiger partial charge in [0, 0.05) is 6.04 Å². The summed E-state index contributed by atoms with van der Waals surface area (Å²) in [6.07, 6.45) is 1.93. The monoisotopic (exact) mass is 245 g/mol. The zero-order valence-corrected chi connectivity index (χ0v) is 9.93. The van der Waals surface area contributed by atoms with Crippen molar-refractivity contribution in [2.24, 2.45) is 5.92 Å². The summed E-state index contributed by atoms with van der Waals surface area (Å²) in [6, 6.07) is 8.01. The lowest BCUT2D eigenvalue weighted by atomic mass is 9.75. The highest BCUT2D eigenvalue weighted by molar-refractivity contribution is 5.87. The van der Waals surface area contributed by atoms with Gasteiger partial charge in [0.15, 0.2) is 0 Å². The maximum Gasteiger partial charge on any atom is 0.306 e. The molecule has 0 radical (unpaired) electrons. The number of carboxylic acids is 1. The number of amides is 1. The summed E-state index contributed by atoms with van der Waals surface area (Å²) in [5.74, 6) is -1.02. The first-order valence-corrected chi connectivity index (χ1v) is 6.26. The zero-order valence-electron chi connectivity index (χ0n) is 9.93. The molecule has 0 bridgehead atoms. The minimum Gasteiger partial charge on any atom is -0.481 e. The Balaban J connectivity index is 1.54. The first kappa shape index (κ1) is 11.3. The number of hydrogen-bond acceptors (Lipinski definition) is 2.